The maximum Gasteiger partial charge on any atom is 0.196 e. The summed E-state index contributed by atoms with van der Waals surface area (Å²) in [6.45, 7) is 7.61. The van der Waals surface area contributed by atoms with Crippen LogP contribution in [-0.4, -0.2) is 46.3 Å². The standard InChI is InChI=1S/C25H34O7/c1-15-12-23(21-10-8-19(13-24(21)29-15)30-16(2)26-5)22-11-9-20(31-17(3)27-6)14-25(22)32-18(4)28-7/h8-11,13-18,23H,12H2,1-7H3. The van der Waals surface area contributed by atoms with Crippen LogP contribution < -0.4 is 18.9 Å². The van der Waals surface area contributed by atoms with Gasteiger partial charge in [-0.2, -0.15) is 0 Å². The molecule has 1 heterocycles. The molecule has 0 spiro atoms. The van der Waals surface area contributed by atoms with E-state index in [1.54, 1.807) is 21.3 Å². The minimum atomic E-state index is -0.410. The highest BCUT2D eigenvalue weighted by molar-refractivity contribution is 5.52. The first kappa shape index (κ1) is 24.2. The van der Waals surface area contributed by atoms with Crippen LogP contribution in [0.25, 0.3) is 0 Å². The van der Waals surface area contributed by atoms with Gasteiger partial charge in [-0.05, 0) is 46.2 Å². The Morgan fingerprint density at radius 1 is 0.750 bits per heavy atom. The molecule has 7 heteroatoms. The lowest BCUT2D eigenvalue weighted by Crippen LogP contribution is -2.25. The van der Waals surface area contributed by atoms with E-state index in [4.69, 9.17) is 33.2 Å². The van der Waals surface area contributed by atoms with Gasteiger partial charge < -0.3 is 33.2 Å². The van der Waals surface area contributed by atoms with Crippen LogP contribution in [0.3, 0.4) is 0 Å². The molecule has 2 aromatic carbocycles. The van der Waals surface area contributed by atoms with Gasteiger partial charge in [-0.1, -0.05) is 12.1 Å². The number of hydrogen-bond acceptors (Lipinski definition) is 7. The van der Waals surface area contributed by atoms with Gasteiger partial charge in [-0.25, -0.2) is 0 Å². The number of methoxy groups -OCH3 is 3. The second kappa shape index (κ2) is 10.9. The third-order valence-electron chi connectivity index (χ3n) is 5.51. The lowest BCUT2D eigenvalue weighted by atomic mass is 9.84. The van der Waals surface area contributed by atoms with Crippen LogP contribution >= 0.6 is 0 Å². The van der Waals surface area contributed by atoms with Crippen molar-refractivity contribution in [2.75, 3.05) is 21.3 Å². The van der Waals surface area contributed by atoms with Crippen LogP contribution in [0.4, 0.5) is 0 Å². The van der Waals surface area contributed by atoms with Gasteiger partial charge in [-0.3, -0.25) is 0 Å². The molecule has 5 unspecified atom stereocenters. The van der Waals surface area contributed by atoms with Gasteiger partial charge in [0.1, 0.15) is 23.0 Å². The van der Waals surface area contributed by atoms with E-state index in [9.17, 15) is 0 Å². The summed E-state index contributed by atoms with van der Waals surface area (Å²) in [7, 11) is 4.84. The van der Waals surface area contributed by atoms with Crippen molar-refractivity contribution in [3.05, 3.63) is 47.5 Å². The Labute approximate surface area is 190 Å². The highest BCUT2D eigenvalue weighted by Gasteiger charge is 2.30. The van der Waals surface area contributed by atoms with E-state index in [1.807, 2.05) is 57.2 Å². The van der Waals surface area contributed by atoms with Crippen molar-refractivity contribution < 1.29 is 33.2 Å². The SMILES string of the molecule is COC(C)Oc1ccc2c(c1)OC(C)CC2c1ccc(OC(C)OC)cc1OC(C)OC. The zero-order chi connectivity index (χ0) is 23.3. The Morgan fingerprint density at radius 2 is 1.28 bits per heavy atom. The number of fused-ring (bicyclic) bond motifs is 1. The summed E-state index contributed by atoms with van der Waals surface area (Å²) in [6, 6.07) is 11.8. The van der Waals surface area contributed by atoms with Gasteiger partial charge in [0, 0.05) is 50.5 Å². The molecule has 0 N–H and O–H groups in total. The van der Waals surface area contributed by atoms with Gasteiger partial charge in [0.15, 0.2) is 18.9 Å². The van der Waals surface area contributed by atoms with Crippen molar-refractivity contribution in [2.45, 2.75) is 65.0 Å². The second-order valence-electron chi connectivity index (χ2n) is 7.88. The van der Waals surface area contributed by atoms with Crippen LogP contribution in [-0.2, 0) is 14.2 Å². The molecule has 32 heavy (non-hydrogen) atoms. The van der Waals surface area contributed by atoms with Gasteiger partial charge in [0.2, 0.25) is 0 Å². The minimum absolute atomic E-state index is 0.0275. The number of ether oxygens (including phenoxy) is 7. The summed E-state index contributed by atoms with van der Waals surface area (Å²) in [4.78, 5) is 0. The Morgan fingerprint density at radius 3 is 1.88 bits per heavy atom. The number of rotatable bonds is 10. The molecule has 3 rings (SSSR count). The summed E-state index contributed by atoms with van der Waals surface area (Å²) in [5, 5.41) is 0. The fourth-order valence-corrected chi connectivity index (χ4v) is 3.68. The molecule has 0 saturated carbocycles. The first-order chi connectivity index (χ1) is 15.3. The van der Waals surface area contributed by atoms with Crippen molar-refractivity contribution >= 4 is 0 Å². The van der Waals surface area contributed by atoms with E-state index in [1.165, 1.54) is 0 Å². The van der Waals surface area contributed by atoms with Gasteiger partial charge in [-0.15, -0.1) is 0 Å². The van der Waals surface area contributed by atoms with Gasteiger partial charge in [0.05, 0.1) is 6.10 Å². The summed E-state index contributed by atoms with van der Waals surface area (Å²) < 4.78 is 39.7. The third-order valence-corrected chi connectivity index (χ3v) is 5.51. The summed E-state index contributed by atoms with van der Waals surface area (Å²) in [5.41, 5.74) is 2.12. The van der Waals surface area contributed by atoms with Crippen molar-refractivity contribution in [3.8, 4) is 23.0 Å². The molecule has 0 saturated heterocycles. The summed E-state index contributed by atoms with van der Waals surface area (Å²) in [5.74, 6) is 2.95. The first-order valence-electron chi connectivity index (χ1n) is 10.9. The van der Waals surface area contributed by atoms with Crippen LogP contribution in [0.5, 0.6) is 23.0 Å². The molecule has 1 aliphatic heterocycles. The van der Waals surface area contributed by atoms with Crippen molar-refractivity contribution in [3.63, 3.8) is 0 Å². The molecule has 0 bridgehead atoms. The predicted molar refractivity (Wildman–Crippen MR) is 121 cm³/mol. The Balaban J connectivity index is 1.98. The number of hydrogen-bond donors (Lipinski definition) is 0. The summed E-state index contributed by atoms with van der Waals surface area (Å²) in [6.07, 6.45) is -0.284. The van der Waals surface area contributed by atoms with E-state index in [0.29, 0.717) is 17.2 Å². The van der Waals surface area contributed by atoms with Crippen molar-refractivity contribution in [1.82, 2.24) is 0 Å². The predicted octanol–water partition coefficient (Wildman–Crippen LogP) is 5.10. The highest BCUT2D eigenvalue weighted by Crippen LogP contribution is 2.45. The maximum atomic E-state index is 6.14. The molecular formula is C25H34O7. The van der Waals surface area contributed by atoms with Crippen LogP contribution in [0.2, 0.25) is 0 Å². The normalized spacial score (nSPS) is 20.5. The molecule has 0 aliphatic carbocycles. The van der Waals surface area contributed by atoms with E-state index < -0.39 is 6.29 Å². The Bertz CT molecular complexity index is 885. The van der Waals surface area contributed by atoms with E-state index in [-0.39, 0.29) is 24.6 Å². The molecule has 0 amide bonds. The minimum Gasteiger partial charge on any atom is -0.490 e. The highest BCUT2D eigenvalue weighted by atomic mass is 16.7. The topological polar surface area (TPSA) is 64.6 Å². The molecular weight excluding hydrogens is 412 g/mol. The fraction of sp³-hybridized carbons (Fsp3) is 0.520. The van der Waals surface area contributed by atoms with E-state index >= 15 is 0 Å². The molecule has 1 aliphatic rings. The largest absolute Gasteiger partial charge is 0.490 e. The lowest BCUT2D eigenvalue weighted by molar-refractivity contribution is -0.0430. The van der Waals surface area contributed by atoms with E-state index in [0.717, 1.165) is 23.3 Å². The molecule has 176 valence electrons. The molecule has 2 aromatic rings. The van der Waals surface area contributed by atoms with Crippen LogP contribution in [0.15, 0.2) is 36.4 Å². The molecule has 0 aromatic heterocycles. The van der Waals surface area contributed by atoms with E-state index in [2.05, 4.69) is 6.92 Å². The first-order valence-corrected chi connectivity index (χ1v) is 10.9. The Hall–Kier alpha value is -2.48. The zero-order valence-corrected chi connectivity index (χ0v) is 19.9. The molecule has 7 nitrogen and oxygen atoms in total. The zero-order valence-electron chi connectivity index (χ0n) is 19.9. The van der Waals surface area contributed by atoms with Gasteiger partial charge in [0.25, 0.3) is 0 Å². The summed E-state index contributed by atoms with van der Waals surface area (Å²) >= 11 is 0. The van der Waals surface area contributed by atoms with Crippen LogP contribution in [0, 0.1) is 0 Å². The molecule has 0 radical (unpaired) electrons. The average Bonchev–Trinajstić information content (AvgIpc) is 2.78. The molecule has 5 atom stereocenters. The Kier molecular flexibility index (Phi) is 8.23. The maximum absolute atomic E-state index is 6.14. The van der Waals surface area contributed by atoms with Gasteiger partial charge >= 0.3 is 0 Å². The number of benzene rings is 2. The van der Waals surface area contributed by atoms with Crippen molar-refractivity contribution in [1.29, 1.82) is 0 Å². The second-order valence-corrected chi connectivity index (χ2v) is 7.88. The third kappa shape index (κ3) is 5.85. The monoisotopic (exact) mass is 446 g/mol. The smallest absolute Gasteiger partial charge is 0.196 e. The molecule has 0 fully saturated rings. The van der Waals surface area contributed by atoms with Crippen LogP contribution in [0.1, 0.15) is 51.2 Å². The average molecular weight is 447 g/mol. The van der Waals surface area contributed by atoms with Crippen molar-refractivity contribution in [2.24, 2.45) is 0 Å². The lowest BCUT2D eigenvalue weighted by Gasteiger charge is -2.32. The quantitative estimate of drug-likeness (QED) is 0.470. The fourth-order valence-electron chi connectivity index (χ4n) is 3.68.